The van der Waals surface area contributed by atoms with Crippen LogP contribution >= 0.6 is 35.6 Å². The predicted octanol–water partition coefficient (Wildman–Crippen LogP) is 3.17. The topological polar surface area (TPSA) is 32.3 Å². The first-order valence-corrected chi connectivity index (χ1v) is 7.22. The maximum Gasteiger partial charge on any atom is 0.227 e. The molecule has 6 heteroatoms. The minimum atomic E-state index is 0. The molecule has 3 nitrogen and oxygen atoms in total. The molecule has 1 amide bonds. The first-order chi connectivity index (χ1) is 9.00. The number of nitrogens with one attached hydrogen (secondary N) is 1. The summed E-state index contributed by atoms with van der Waals surface area (Å²) in [5, 5.41) is 4.46. The summed E-state index contributed by atoms with van der Waals surface area (Å²) in [5.74, 6) is 0.0795. The van der Waals surface area contributed by atoms with Crippen LogP contribution in [0.25, 0.3) is 0 Å². The molecule has 112 valence electrons. The number of hydrogen-bond donors (Lipinski definition) is 1. The van der Waals surface area contributed by atoms with Gasteiger partial charge in [-0.2, -0.15) is 0 Å². The molecule has 2 atom stereocenters. The van der Waals surface area contributed by atoms with Crippen LogP contribution in [0.3, 0.4) is 0 Å². The zero-order valence-corrected chi connectivity index (χ0v) is 13.9. The SMILES string of the molecule is CC1NCCN(C(=O)Cc2c(Cl)cccc2Cl)C1C.Cl. The summed E-state index contributed by atoms with van der Waals surface area (Å²) in [6.45, 7) is 5.70. The Balaban J connectivity index is 0.00000200. The van der Waals surface area contributed by atoms with Crippen molar-refractivity contribution in [2.45, 2.75) is 32.4 Å². The molecule has 0 spiro atoms. The van der Waals surface area contributed by atoms with E-state index in [2.05, 4.69) is 19.2 Å². The number of carbonyl (C=O) groups excluding carboxylic acids is 1. The Bertz CT molecular complexity index is 461. The fourth-order valence-electron chi connectivity index (χ4n) is 2.36. The fourth-order valence-corrected chi connectivity index (χ4v) is 2.89. The number of benzene rings is 1. The van der Waals surface area contributed by atoms with Crippen molar-refractivity contribution in [3.63, 3.8) is 0 Å². The van der Waals surface area contributed by atoms with Gasteiger partial charge >= 0.3 is 0 Å². The largest absolute Gasteiger partial charge is 0.337 e. The van der Waals surface area contributed by atoms with E-state index in [1.165, 1.54) is 0 Å². The second kappa shape index (κ2) is 7.51. The van der Waals surface area contributed by atoms with Crippen LogP contribution in [0.1, 0.15) is 19.4 Å². The minimum absolute atomic E-state index is 0. The molecular formula is C14H19Cl3N2O. The van der Waals surface area contributed by atoms with E-state index in [4.69, 9.17) is 23.2 Å². The molecule has 1 aromatic rings. The molecule has 1 aromatic carbocycles. The lowest BCUT2D eigenvalue weighted by Gasteiger charge is -2.38. The Kier molecular flexibility index (Phi) is 6.59. The Morgan fingerprint density at radius 2 is 1.95 bits per heavy atom. The van der Waals surface area contributed by atoms with Crippen LogP contribution in [0.2, 0.25) is 10.0 Å². The van der Waals surface area contributed by atoms with Crippen molar-refractivity contribution in [1.29, 1.82) is 0 Å². The van der Waals surface area contributed by atoms with Crippen LogP contribution in [0, 0.1) is 0 Å². The van der Waals surface area contributed by atoms with Gasteiger partial charge in [0.05, 0.1) is 6.42 Å². The number of amides is 1. The maximum atomic E-state index is 12.4. The van der Waals surface area contributed by atoms with E-state index in [1.807, 2.05) is 4.90 Å². The van der Waals surface area contributed by atoms with Crippen molar-refractivity contribution in [2.75, 3.05) is 13.1 Å². The average molecular weight is 338 g/mol. The van der Waals surface area contributed by atoms with Crippen molar-refractivity contribution in [2.24, 2.45) is 0 Å². The third-order valence-electron chi connectivity index (χ3n) is 3.74. The van der Waals surface area contributed by atoms with Crippen LogP contribution in [0.5, 0.6) is 0 Å². The quantitative estimate of drug-likeness (QED) is 0.899. The van der Waals surface area contributed by atoms with E-state index in [0.29, 0.717) is 21.7 Å². The summed E-state index contributed by atoms with van der Waals surface area (Å²) >= 11 is 12.2. The average Bonchev–Trinajstić information content (AvgIpc) is 2.37. The Labute approximate surface area is 136 Å². The summed E-state index contributed by atoms with van der Waals surface area (Å²) in [4.78, 5) is 14.3. The smallest absolute Gasteiger partial charge is 0.227 e. The van der Waals surface area contributed by atoms with Crippen molar-refractivity contribution in [3.05, 3.63) is 33.8 Å². The molecule has 20 heavy (non-hydrogen) atoms. The number of carbonyl (C=O) groups is 1. The lowest BCUT2D eigenvalue weighted by Crippen LogP contribution is -2.57. The van der Waals surface area contributed by atoms with Crippen LogP contribution < -0.4 is 5.32 Å². The molecule has 1 heterocycles. The Hall–Kier alpha value is -0.480. The number of nitrogens with zero attached hydrogens (tertiary/aromatic N) is 1. The van der Waals surface area contributed by atoms with Gasteiger partial charge in [-0.05, 0) is 31.5 Å². The lowest BCUT2D eigenvalue weighted by molar-refractivity contribution is -0.134. The van der Waals surface area contributed by atoms with Crippen molar-refractivity contribution < 1.29 is 4.79 Å². The van der Waals surface area contributed by atoms with E-state index in [-0.39, 0.29) is 30.8 Å². The van der Waals surface area contributed by atoms with Gasteiger partial charge in [0, 0.05) is 35.2 Å². The molecule has 0 aromatic heterocycles. The van der Waals surface area contributed by atoms with Crippen molar-refractivity contribution in [1.82, 2.24) is 10.2 Å². The molecule has 2 unspecified atom stereocenters. The molecule has 1 saturated heterocycles. The minimum Gasteiger partial charge on any atom is -0.337 e. The van der Waals surface area contributed by atoms with Gasteiger partial charge in [-0.25, -0.2) is 0 Å². The summed E-state index contributed by atoms with van der Waals surface area (Å²) < 4.78 is 0. The standard InChI is InChI=1S/C14H18Cl2N2O.ClH/c1-9-10(2)18(7-6-17-9)14(19)8-11-12(15)4-3-5-13(11)16;/h3-5,9-10,17H,6-8H2,1-2H3;1H. The van der Waals surface area contributed by atoms with Gasteiger partial charge in [0.15, 0.2) is 0 Å². The second-order valence-corrected chi connectivity index (χ2v) is 5.76. The summed E-state index contributed by atoms with van der Waals surface area (Å²) in [7, 11) is 0. The summed E-state index contributed by atoms with van der Waals surface area (Å²) in [6.07, 6.45) is 0.259. The van der Waals surface area contributed by atoms with Gasteiger partial charge in [0.1, 0.15) is 0 Å². The number of hydrogen-bond acceptors (Lipinski definition) is 2. The van der Waals surface area contributed by atoms with Gasteiger partial charge in [0.2, 0.25) is 5.91 Å². The van der Waals surface area contributed by atoms with Crippen LogP contribution in [0.15, 0.2) is 18.2 Å². The van der Waals surface area contributed by atoms with Crippen molar-refractivity contribution in [3.8, 4) is 0 Å². The van der Waals surface area contributed by atoms with Crippen LogP contribution in [0.4, 0.5) is 0 Å². The van der Waals surface area contributed by atoms with Crippen LogP contribution in [-0.2, 0) is 11.2 Å². The zero-order valence-electron chi connectivity index (χ0n) is 11.5. The Morgan fingerprint density at radius 3 is 2.55 bits per heavy atom. The number of rotatable bonds is 2. The molecule has 1 aliphatic rings. The van der Waals surface area contributed by atoms with Crippen LogP contribution in [-0.4, -0.2) is 36.0 Å². The normalized spacial score (nSPS) is 22.3. The molecular weight excluding hydrogens is 319 g/mol. The highest BCUT2D eigenvalue weighted by atomic mass is 35.5. The summed E-state index contributed by atoms with van der Waals surface area (Å²) in [6, 6.07) is 5.80. The van der Waals surface area contributed by atoms with E-state index in [0.717, 1.165) is 13.1 Å². The third kappa shape index (κ3) is 3.79. The molecule has 0 radical (unpaired) electrons. The van der Waals surface area contributed by atoms with E-state index in [9.17, 15) is 4.79 Å². The second-order valence-electron chi connectivity index (χ2n) is 4.95. The number of piperazine rings is 1. The molecule has 0 saturated carbocycles. The molecule has 0 bridgehead atoms. The molecule has 1 fully saturated rings. The molecule has 0 aliphatic carbocycles. The molecule has 1 N–H and O–H groups in total. The number of halogens is 3. The highest BCUT2D eigenvalue weighted by Gasteiger charge is 2.28. The zero-order chi connectivity index (χ0) is 14.0. The van der Waals surface area contributed by atoms with Gasteiger partial charge in [0.25, 0.3) is 0 Å². The van der Waals surface area contributed by atoms with Crippen molar-refractivity contribution >= 4 is 41.5 Å². The van der Waals surface area contributed by atoms with E-state index in [1.54, 1.807) is 18.2 Å². The highest BCUT2D eigenvalue weighted by Crippen LogP contribution is 2.25. The third-order valence-corrected chi connectivity index (χ3v) is 4.45. The first kappa shape index (κ1) is 17.6. The van der Waals surface area contributed by atoms with E-state index < -0.39 is 0 Å². The van der Waals surface area contributed by atoms with Gasteiger partial charge in [-0.15, -0.1) is 12.4 Å². The van der Waals surface area contributed by atoms with Gasteiger partial charge in [-0.1, -0.05) is 29.3 Å². The monoisotopic (exact) mass is 336 g/mol. The molecule has 1 aliphatic heterocycles. The Morgan fingerprint density at radius 1 is 1.35 bits per heavy atom. The highest BCUT2D eigenvalue weighted by molar-refractivity contribution is 6.36. The van der Waals surface area contributed by atoms with Gasteiger partial charge in [-0.3, -0.25) is 4.79 Å². The summed E-state index contributed by atoms with van der Waals surface area (Å²) in [5.41, 5.74) is 0.717. The van der Waals surface area contributed by atoms with Gasteiger partial charge < -0.3 is 10.2 Å². The predicted molar refractivity (Wildman–Crippen MR) is 86.1 cm³/mol. The lowest BCUT2D eigenvalue weighted by atomic mass is 10.0. The molecule has 2 rings (SSSR count). The fraction of sp³-hybridized carbons (Fsp3) is 0.500. The first-order valence-electron chi connectivity index (χ1n) is 6.46. The van der Waals surface area contributed by atoms with E-state index >= 15 is 0 Å². The maximum absolute atomic E-state index is 12.4.